The van der Waals surface area contributed by atoms with E-state index >= 15 is 0 Å². The minimum atomic E-state index is -0.169. The van der Waals surface area contributed by atoms with Gasteiger partial charge in [-0.2, -0.15) is 0 Å². The summed E-state index contributed by atoms with van der Waals surface area (Å²) in [5.74, 6) is 0. The quantitative estimate of drug-likeness (QED) is 0.703. The minimum Gasteiger partial charge on any atom is -0.381 e. The number of amides is 2. The normalized spacial score (nSPS) is 11.3. The third-order valence-corrected chi connectivity index (χ3v) is 3.40. The molecule has 4 heteroatoms. The van der Waals surface area contributed by atoms with E-state index in [1.165, 1.54) is 5.56 Å². The number of ether oxygens (including phenoxy) is 1. The van der Waals surface area contributed by atoms with Gasteiger partial charge in [0.25, 0.3) is 0 Å². The van der Waals surface area contributed by atoms with Crippen molar-refractivity contribution in [1.82, 2.24) is 5.32 Å². The molecule has 0 aliphatic carbocycles. The Morgan fingerprint density at radius 2 is 1.73 bits per heavy atom. The SMILES string of the molecule is CCCCOCCCNC(=O)Nc1ccc(C(C)(C)C)cc1. The highest BCUT2D eigenvalue weighted by molar-refractivity contribution is 5.89. The maximum atomic E-state index is 11.8. The number of anilines is 1. The molecule has 0 heterocycles. The number of hydrogen-bond donors (Lipinski definition) is 2. The van der Waals surface area contributed by atoms with Crippen molar-refractivity contribution < 1.29 is 9.53 Å². The molecule has 0 fully saturated rings. The smallest absolute Gasteiger partial charge is 0.319 e. The van der Waals surface area contributed by atoms with Crippen LogP contribution in [0.4, 0.5) is 10.5 Å². The van der Waals surface area contributed by atoms with E-state index in [0.717, 1.165) is 31.6 Å². The van der Waals surface area contributed by atoms with Gasteiger partial charge in [0.1, 0.15) is 0 Å². The number of unbranched alkanes of at least 4 members (excludes halogenated alkanes) is 1. The second-order valence-corrected chi connectivity index (χ2v) is 6.53. The van der Waals surface area contributed by atoms with Gasteiger partial charge in [-0.15, -0.1) is 0 Å². The molecule has 0 radical (unpaired) electrons. The topological polar surface area (TPSA) is 50.4 Å². The fourth-order valence-corrected chi connectivity index (χ4v) is 1.95. The van der Waals surface area contributed by atoms with Crippen molar-refractivity contribution in [1.29, 1.82) is 0 Å². The van der Waals surface area contributed by atoms with Crippen molar-refractivity contribution in [3.8, 4) is 0 Å². The van der Waals surface area contributed by atoms with Crippen LogP contribution in [-0.2, 0) is 10.2 Å². The third-order valence-electron chi connectivity index (χ3n) is 3.40. The second kappa shape index (κ2) is 9.46. The molecule has 22 heavy (non-hydrogen) atoms. The Kier molecular flexibility index (Phi) is 7.96. The van der Waals surface area contributed by atoms with Crippen LogP contribution in [0.3, 0.4) is 0 Å². The Morgan fingerprint density at radius 3 is 2.32 bits per heavy atom. The number of urea groups is 1. The first-order valence-electron chi connectivity index (χ1n) is 8.16. The standard InChI is InChI=1S/C18H30N2O2/c1-5-6-13-22-14-7-12-19-17(21)20-16-10-8-15(9-11-16)18(2,3)4/h8-11H,5-7,12-14H2,1-4H3,(H2,19,20,21). The monoisotopic (exact) mass is 306 g/mol. The van der Waals surface area contributed by atoms with Crippen molar-refractivity contribution in [3.63, 3.8) is 0 Å². The molecule has 1 rings (SSSR count). The molecule has 124 valence electrons. The Morgan fingerprint density at radius 1 is 1.09 bits per heavy atom. The molecule has 2 amide bonds. The number of rotatable bonds is 8. The van der Waals surface area contributed by atoms with Gasteiger partial charge in [-0.25, -0.2) is 4.79 Å². The fraction of sp³-hybridized carbons (Fsp3) is 0.611. The van der Waals surface area contributed by atoms with E-state index in [2.05, 4.69) is 50.5 Å². The van der Waals surface area contributed by atoms with Crippen molar-refractivity contribution in [3.05, 3.63) is 29.8 Å². The summed E-state index contributed by atoms with van der Waals surface area (Å²) in [6.45, 7) is 10.8. The predicted octanol–water partition coefficient (Wildman–Crippen LogP) is 4.31. The maximum Gasteiger partial charge on any atom is 0.319 e. The molecule has 0 saturated heterocycles. The molecule has 1 aromatic carbocycles. The summed E-state index contributed by atoms with van der Waals surface area (Å²) in [7, 11) is 0. The third kappa shape index (κ3) is 7.46. The first kappa shape index (κ1) is 18.5. The molecule has 0 spiro atoms. The first-order valence-corrected chi connectivity index (χ1v) is 8.16. The van der Waals surface area contributed by atoms with E-state index in [1.54, 1.807) is 0 Å². The Balaban J connectivity index is 2.22. The van der Waals surface area contributed by atoms with Crippen LogP contribution in [0.1, 0.15) is 52.5 Å². The lowest BCUT2D eigenvalue weighted by atomic mass is 9.87. The molecule has 0 bridgehead atoms. The maximum absolute atomic E-state index is 11.8. The van der Waals surface area contributed by atoms with E-state index < -0.39 is 0 Å². The van der Waals surface area contributed by atoms with Crippen LogP contribution in [0, 0.1) is 0 Å². The van der Waals surface area contributed by atoms with Gasteiger partial charge in [-0.1, -0.05) is 46.2 Å². The van der Waals surface area contributed by atoms with Crippen LogP contribution in [0.2, 0.25) is 0 Å². The molecule has 0 aliphatic rings. The van der Waals surface area contributed by atoms with E-state index in [-0.39, 0.29) is 11.4 Å². The summed E-state index contributed by atoms with van der Waals surface area (Å²) in [6.07, 6.45) is 3.08. The lowest BCUT2D eigenvalue weighted by Gasteiger charge is -2.19. The van der Waals surface area contributed by atoms with Gasteiger partial charge in [0.2, 0.25) is 0 Å². The van der Waals surface area contributed by atoms with Crippen LogP contribution in [0.5, 0.6) is 0 Å². The Labute approximate surface area is 134 Å². The zero-order chi connectivity index (χ0) is 16.4. The summed E-state index contributed by atoms with van der Waals surface area (Å²) >= 11 is 0. The molecule has 2 N–H and O–H groups in total. The minimum absolute atomic E-state index is 0.124. The van der Waals surface area contributed by atoms with Crippen LogP contribution in [0.25, 0.3) is 0 Å². The van der Waals surface area contributed by atoms with Gasteiger partial charge in [0.05, 0.1) is 0 Å². The fourth-order valence-electron chi connectivity index (χ4n) is 1.95. The van der Waals surface area contributed by atoms with E-state index in [0.29, 0.717) is 13.2 Å². The molecule has 0 aromatic heterocycles. The molecule has 0 saturated carbocycles. The molecular formula is C18H30N2O2. The van der Waals surface area contributed by atoms with Crippen LogP contribution >= 0.6 is 0 Å². The van der Waals surface area contributed by atoms with Crippen molar-refractivity contribution in [2.24, 2.45) is 0 Å². The average Bonchev–Trinajstić information content (AvgIpc) is 2.46. The highest BCUT2D eigenvalue weighted by Gasteiger charge is 2.13. The lowest BCUT2D eigenvalue weighted by molar-refractivity contribution is 0.129. The van der Waals surface area contributed by atoms with Gasteiger partial charge in [0.15, 0.2) is 0 Å². The molecule has 0 atom stereocenters. The Bertz CT molecular complexity index is 435. The second-order valence-electron chi connectivity index (χ2n) is 6.53. The summed E-state index contributed by atoms with van der Waals surface area (Å²) in [6, 6.07) is 7.81. The first-order chi connectivity index (χ1) is 10.4. The Hall–Kier alpha value is -1.55. The van der Waals surface area contributed by atoms with Gasteiger partial charge in [-0.05, 0) is 36.0 Å². The molecule has 1 aromatic rings. The summed E-state index contributed by atoms with van der Waals surface area (Å²) in [4.78, 5) is 11.8. The van der Waals surface area contributed by atoms with Crippen LogP contribution in [-0.4, -0.2) is 25.8 Å². The summed E-state index contributed by atoms with van der Waals surface area (Å²) < 4.78 is 5.45. The summed E-state index contributed by atoms with van der Waals surface area (Å²) in [5.41, 5.74) is 2.19. The van der Waals surface area contributed by atoms with Crippen LogP contribution in [0.15, 0.2) is 24.3 Å². The predicted molar refractivity (Wildman–Crippen MR) is 92.5 cm³/mol. The number of carbonyl (C=O) groups is 1. The molecule has 0 aliphatic heterocycles. The van der Waals surface area contributed by atoms with Crippen molar-refractivity contribution >= 4 is 11.7 Å². The average molecular weight is 306 g/mol. The van der Waals surface area contributed by atoms with Crippen molar-refractivity contribution in [2.75, 3.05) is 25.1 Å². The molecule has 4 nitrogen and oxygen atoms in total. The molecule has 0 unspecified atom stereocenters. The van der Waals surface area contributed by atoms with Gasteiger partial charge in [0, 0.05) is 25.4 Å². The highest BCUT2D eigenvalue weighted by Crippen LogP contribution is 2.23. The van der Waals surface area contributed by atoms with Crippen molar-refractivity contribution in [2.45, 2.75) is 52.4 Å². The number of carbonyl (C=O) groups excluding carboxylic acids is 1. The van der Waals surface area contributed by atoms with Gasteiger partial charge < -0.3 is 15.4 Å². The number of nitrogens with one attached hydrogen (secondary N) is 2. The number of hydrogen-bond acceptors (Lipinski definition) is 2. The zero-order valence-corrected chi connectivity index (χ0v) is 14.4. The molecular weight excluding hydrogens is 276 g/mol. The van der Waals surface area contributed by atoms with Gasteiger partial charge >= 0.3 is 6.03 Å². The van der Waals surface area contributed by atoms with E-state index in [4.69, 9.17) is 4.74 Å². The zero-order valence-electron chi connectivity index (χ0n) is 14.4. The lowest BCUT2D eigenvalue weighted by Crippen LogP contribution is -2.30. The van der Waals surface area contributed by atoms with E-state index in [9.17, 15) is 4.79 Å². The number of benzene rings is 1. The van der Waals surface area contributed by atoms with Gasteiger partial charge in [-0.3, -0.25) is 0 Å². The van der Waals surface area contributed by atoms with Crippen LogP contribution < -0.4 is 10.6 Å². The largest absolute Gasteiger partial charge is 0.381 e. The highest BCUT2D eigenvalue weighted by atomic mass is 16.5. The van der Waals surface area contributed by atoms with E-state index in [1.807, 2.05) is 12.1 Å². The summed E-state index contributed by atoms with van der Waals surface area (Å²) in [5, 5.41) is 5.68.